The molecule has 1 aliphatic heterocycles. The zero-order valence-corrected chi connectivity index (χ0v) is 16.7. The highest BCUT2D eigenvalue weighted by atomic mass is 35.5. The molecule has 144 valence electrons. The van der Waals surface area contributed by atoms with Gasteiger partial charge in [0.15, 0.2) is 6.29 Å². The first-order valence-electron chi connectivity index (χ1n) is 9.13. The Labute approximate surface area is 165 Å². The van der Waals surface area contributed by atoms with Gasteiger partial charge in [0, 0.05) is 41.9 Å². The third-order valence-electron chi connectivity index (χ3n) is 4.29. The van der Waals surface area contributed by atoms with Gasteiger partial charge in [-0.05, 0) is 45.0 Å². The fourth-order valence-corrected chi connectivity index (χ4v) is 3.31. The van der Waals surface area contributed by atoms with Crippen LogP contribution in [-0.2, 0) is 9.47 Å². The summed E-state index contributed by atoms with van der Waals surface area (Å²) in [4.78, 5) is 11.1. The predicted octanol–water partition coefficient (Wildman–Crippen LogP) is 4.38. The molecule has 1 aliphatic rings. The van der Waals surface area contributed by atoms with Crippen LogP contribution in [0, 0.1) is 6.92 Å². The van der Waals surface area contributed by atoms with Crippen molar-refractivity contribution < 1.29 is 9.47 Å². The molecule has 7 heteroatoms. The number of aliphatic imine (C=N–C) groups is 1. The van der Waals surface area contributed by atoms with Crippen LogP contribution in [0.4, 0.5) is 17.1 Å². The van der Waals surface area contributed by atoms with E-state index in [1.165, 1.54) is 0 Å². The number of aryl methyl sites for hydroxylation is 1. The van der Waals surface area contributed by atoms with Gasteiger partial charge < -0.3 is 19.7 Å². The van der Waals surface area contributed by atoms with E-state index in [1.807, 2.05) is 51.3 Å². The van der Waals surface area contributed by atoms with Gasteiger partial charge in [0.2, 0.25) is 0 Å². The van der Waals surface area contributed by atoms with E-state index in [4.69, 9.17) is 21.1 Å². The minimum atomic E-state index is -0.313. The van der Waals surface area contributed by atoms with E-state index in [2.05, 4.69) is 20.2 Å². The number of nitrogens with zero attached hydrogens (tertiary/aromatic N) is 3. The summed E-state index contributed by atoms with van der Waals surface area (Å²) in [5, 5.41) is 4.06. The van der Waals surface area contributed by atoms with Crippen molar-refractivity contribution in [3.8, 4) is 0 Å². The number of aromatic nitrogens is 1. The molecule has 2 aromatic rings. The summed E-state index contributed by atoms with van der Waals surface area (Å²) in [7, 11) is 0. The Morgan fingerprint density at radius 3 is 2.70 bits per heavy atom. The molecule has 0 unspecified atom stereocenters. The average Bonchev–Trinajstić information content (AvgIpc) is 2.66. The molecular weight excluding hydrogens is 364 g/mol. The van der Waals surface area contributed by atoms with Gasteiger partial charge in [-0.3, -0.25) is 9.98 Å². The van der Waals surface area contributed by atoms with E-state index in [1.54, 1.807) is 6.20 Å². The van der Waals surface area contributed by atoms with Crippen molar-refractivity contribution in [2.75, 3.05) is 36.6 Å². The molecule has 0 saturated heterocycles. The molecule has 1 aromatic carbocycles. The van der Waals surface area contributed by atoms with Crippen LogP contribution in [0.25, 0.3) is 0 Å². The number of halogens is 1. The molecule has 0 radical (unpaired) electrons. The van der Waals surface area contributed by atoms with E-state index in [9.17, 15) is 0 Å². The Bertz CT molecular complexity index is 807. The number of nitrogens with one attached hydrogen (secondary N) is 1. The lowest BCUT2D eigenvalue weighted by Crippen LogP contribution is -2.28. The van der Waals surface area contributed by atoms with Crippen molar-refractivity contribution in [2.24, 2.45) is 4.99 Å². The van der Waals surface area contributed by atoms with Crippen molar-refractivity contribution in [2.45, 2.75) is 27.1 Å². The second-order valence-corrected chi connectivity index (χ2v) is 6.53. The SMILES string of the molecule is CCOC(CNc1cc(Cl)cc2c1C=NCN2c1cccnc1C)OCC. The third-order valence-corrected chi connectivity index (χ3v) is 4.51. The molecule has 3 rings (SSSR count). The van der Waals surface area contributed by atoms with Gasteiger partial charge in [-0.1, -0.05) is 11.6 Å². The lowest BCUT2D eigenvalue weighted by Gasteiger charge is -2.30. The molecule has 1 N–H and O–H groups in total. The normalized spacial score (nSPS) is 13.1. The maximum atomic E-state index is 6.42. The number of rotatable bonds is 8. The van der Waals surface area contributed by atoms with Crippen LogP contribution in [0.1, 0.15) is 25.1 Å². The lowest BCUT2D eigenvalue weighted by atomic mass is 10.1. The molecule has 2 heterocycles. The number of hydrogen-bond acceptors (Lipinski definition) is 6. The van der Waals surface area contributed by atoms with E-state index in [-0.39, 0.29) is 6.29 Å². The van der Waals surface area contributed by atoms with Crippen molar-refractivity contribution in [3.63, 3.8) is 0 Å². The zero-order valence-electron chi connectivity index (χ0n) is 15.9. The highest BCUT2D eigenvalue weighted by molar-refractivity contribution is 6.31. The molecular formula is C20H25ClN4O2. The predicted molar refractivity (Wildman–Crippen MR) is 111 cm³/mol. The third kappa shape index (κ3) is 4.58. The minimum Gasteiger partial charge on any atom is -0.379 e. The van der Waals surface area contributed by atoms with Crippen LogP contribution in [0.15, 0.2) is 35.5 Å². The van der Waals surface area contributed by atoms with Gasteiger partial charge >= 0.3 is 0 Å². The van der Waals surface area contributed by atoms with Crippen LogP contribution < -0.4 is 10.2 Å². The van der Waals surface area contributed by atoms with Crippen LogP contribution in [-0.4, -0.2) is 43.9 Å². The smallest absolute Gasteiger partial charge is 0.174 e. The summed E-state index contributed by atoms with van der Waals surface area (Å²) in [5.41, 5.74) is 4.85. The number of hydrogen-bond donors (Lipinski definition) is 1. The molecule has 0 bridgehead atoms. The van der Waals surface area contributed by atoms with Gasteiger partial charge in [0.25, 0.3) is 0 Å². The van der Waals surface area contributed by atoms with Gasteiger partial charge in [-0.25, -0.2) is 0 Å². The highest BCUT2D eigenvalue weighted by Crippen LogP contribution is 2.37. The standard InChI is InChI=1S/C20H25ClN4O2/c1-4-26-20(27-5-2)12-24-17-9-15(21)10-19-16(17)11-22-13-25(19)18-7-6-8-23-14(18)3/h6-11,20,24H,4-5,12-13H2,1-3H3. The fourth-order valence-electron chi connectivity index (χ4n) is 3.10. The maximum absolute atomic E-state index is 6.42. The Hall–Kier alpha value is -2.15. The molecule has 1 aromatic heterocycles. The molecule has 0 fully saturated rings. The molecule has 27 heavy (non-hydrogen) atoms. The number of fused-ring (bicyclic) bond motifs is 1. The highest BCUT2D eigenvalue weighted by Gasteiger charge is 2.21. The van der Waals surface area contributed by atoms with E-state index in [0.717, 1.165) is 28.3 Å². The Morgan fingerprint density at radius 1 is 1.22 bits per heavy atom. The van der Waals surface area contributed by atoms with Gasteiger partial charge in [-0.15, -0.1) is 0 Å². The first-order chi connectivity index (χ1) is 13.1. The lowest BCUT2D eigenvalue weighted by molar-refractivity contribution is -0.126. The quantitative estimate of drug-likeness (QED) is 0.680. The summed E-state index contributed by atoms with van der Waals surface area (Å²) < 4.78 is 11.2. The molecule has 0 aliphatic carbocycles. The second kappa shape index (κ2) is 9.17. The van der Waals surface area contributed by atoms with Crippen molar-refractivity contribution in [1.29, 1.82) is 0 Å². The number of benzene rings is 1. The number of ether oxygens (including phenoxy) is 2. The van der Waals surface area contributed by atoms with Crippen LogP contribution >= 0.6 is 11.6 Å². The van der Waals surface area contributed by atoms with Crippen molar-refractivity contribution >= 4 is 34.9 Å². The molecule has 0 amide bonds. The molecule has 6 nitrogen and oxygen atoms in total. The summed E-state index contributed by atoms with van der Waals surface area (Å²) >= 11 is 6.42. The first-order valence-corrected chi connectivity index (χ1v) is 9.51. The van der Waals surface area contributed by atoms with Gasteiger partial charge in [-0.2, -0.15) is 0 Å². The van der Waals surface area contributed by atoms with Crippen LogP contribution in [0.3, 0.4) is 0 Å². The topological polar surface area (TPSA) is 59.0 Å². The minimum absolute atomic E-state index is 0.313. The van der Waals surface area contributed by atoms with Crippen LogP contribution in [0.5, 0.6) is 0 Å². The molecule has 0 atom stereocenters. The Morgan fingerprint density at radius 2 is 2.00 bits per heavy atom. The summed E-state index contributed by atoms with van der Waals surface area (Å²) in [5.74, 6) is 0. The summed E-state index contributed by atoms with van der Waals surface area (Å²) in [6.45, 7) is 8.13. The van der Waals surface area contributed by atoms with E-state index in [0.29, 0.717) is 31.4 Å². The maximum Gasteiger partial charge on any atom is 0.174 e. The van der Waals surface area contributed by atoms with Crippen LogP contribution in [0.2, 0.25) is 5.02 Å². The largest absolute Gasteiger partial charge is 0.379 e. The zero-order chi connectivity index (χ0) is 19.2. The number of anilines is 3. The van der Waals surface area contributed by atoms with E-state index >= 15 is 0 Å². The summed E-state index contributed by atoms with van der Waals surface area (Å²) in [6.07, 6.45) is 3.36. The second-order valence-electron chi connectivity index (χ2n) is 6.10. The van der Waals surface area contributed by atoms with Crippen molar-refractivity contribution in [1.82, 2.24) is 4.98 Å². The van der Waals surface area contributed by atoms with Gasteiger partial charge in [0.1, 0.15) is 6.67 Å². The van der Waals surface area contributed by atoms with E-state index < -0.39 is 0 Å². The molecule has 0 spiro atoms. The monoisotopic (exact) mass is 388 g/mol. The Balaban J connectivity index is 1.90. The summed E-state index contributed by atoms with van der Waals surface area (Å²) in [6, 6.07) is 7.84. The fraction of sp³-hybridized carbons (Fsp3) is 0.400. The first kappa shape index (κ1) is 19.6. The Kier molecular flexibility index (Phi) is 6.66. The molecule has 0 saturated carbocycles. The van der Waals surface area contributed by atoms with Gasteiger partial charge in [0.05, 0.1) is 23.6 Å². The average molecular weight is 389 g/mol. The van der Waals surface area contributed by atoms with Crippen molar-refractivity contribution in [3.05, 3.63) is 46.7 Å². The number of pyridine rings is 1.